The van der Waals surface area contributed by atoms with Crippen molar-refractivity contribution in [2.24, 2.45) is 0 Å². The van der Waals surface area contributed by atoms with Gasteiger partial charge in [-0.15, -0.1) is 0 Å². The second-order valence-electron chi connectivity index (χ2n) is 4.87. The van der Waals surface area contributed by atoms with Gasteiger partial charge in [-0.25, -0.2) is 0 Å². The van der Waals surface area contributed by atoms with E-state index in [1.54, 1.807) is 14.2 Å². The molecule has 0 heterocycles. The lowest BCUT2D eigenvalue weighted by Crippen LogP contribution is -2.35. The summed E-state index contributed by atoms with van der Waals surface area (Å²) in [6.45, 7) is 7.12. The zero-order valence-electron chi connectivity index (χ0n) is 11.1. The first-order chi connectivity index (χ1) is 7.89. The molecule has 0 aliphatic rings. The highest BCUT2D eigenvalue weighted by Gasteiger charge is 2.16. The molecule has 3 nitrogen and oxygen atoms in total. The molecule has 0 atom stereocenters. The first-order valence-electron chi connectivity index (χ1n) is 5.53. The minimum absolute atomic E-state index is 0.0630. The number of benzene rings is 1. The number of ether oxygens (including phenoxy) is 2. The summed E-state index contributed by atoms with van der Waals surface area (Å²) < 4.78 is 11.7. The second kappa shape index (κ2) is 5.74. The van der Waals surface area contributed by atoms with E-state index in [0.29, 0.717) is 0 Å². The highest BCUT2D eigenvalue weighted by molar-refractivity contribution is 9.10. The van der Waals surface area contributed by atoms with Crippen molar-refractivity contribution in [1.29, 1.82) is 0 Å². The van der Waals surface area contributed by atoms with E-state index >= 15 is 0 Å². The van der Waals surface area contributed by atoms with Crippen molar-refractivity contribution in [2.45, 2.75) is 32.9 Å². The van der Waals surface area contributed by atoms with Gasteiger partial charge in [-0.1, -0.05) is 15.9 Å². The van der Waals surface area contributed by atoms with Gasteiger partial charge in [0, 0.05) is 22.1 Å². The average Bonchev–Trinajstić information content (AvgIpc) is 2.25. The van der Waals surface area contributed by atoms with E-state index < -0.39 is 0 Å². The number of methoxy groups -OCH3 is 2. The molecule has 0 spiro atoms. The molecule has 0 saturated heterocycles. The molecule has 0 amide bonds. The third-order valence-corrected chi connectivity index (χ3v) is 3.13. The normalized spacial score (nSPS) is 11.4. The van der Waals surface area contributed by atoms with Crippen molar-refractivity contribution >= 4 is 15.9 Å². The topological polar surface area (TPSA) is 30.5 Å². The minimum Gasteiger partial charge on any atom is -0.493 e. The number of hydrogen-bond acceptors (Lipinski definition) is 3. The largest absolute Gasteiger partial charge is 0.493 e. The average molecular weight is 302 g/mol. The molecule has 1 aromatic carbocycles. The van der Waals surface area contributed by atoms with Crippen LogP contribution in [0.1, 0.15) is 26.3 Å². The van der Waals surface area contributed by atoms with Gasteiger partial charge in [0.05, 0.1) is 14.2 Å². The Bertz CT molecular complexity index is 386. The smallest absolute Gasteiger partial charge is 0.166 e. The molecule has 17 heavy (non-hydrogen) atoms. The Kier molecular flexibility index (Phi) is 4.83. The third-order valence-electron chi connectivity index (χ3n) is 2.39. The van der Waals surface area contributed by atoms with Gasteiger partial charge < -0.3 is 14.8 Å². The highest BCUT2D eigenvalue weighted by Crippen LogP contribution is 2.36. The Morgan fingerprint density at radius 3 is 2.29 bits per heavy atom. The maximum atomic E-state index is 5.42. The van der Waals surface area contributed by atoms with E-state index in [-0.39, 0.29) is 5.54 Å². The molecule has 96 valence electrons. The molecule has 1 rings (SSSR count). The van der Waals surface area contributed by atoms with Crippen molar-refractivity contribution in [3.05, 3.63) is 22.2 Å². The molecule has 1 N–H and O–H groups in total. The predicted octanol–water partition coefficient (Wildman–Crippen LogP) is 3.35. The summed E-state index contributed by atoms with van der Waals surface area (Å²) in [6.07, 6.45) is 0. The van der Waals surface area contributed by atoms with Gasteiger partial charge in [0.25, 0.3) is 0 Å². The van der Waals surface area contributed by atoms with Crippen molar-refractivity contribution in [3.8, 4) is 11.5 Å². The fourth-order valence-corrected chi connectivity index (χ4v) is 1.94. The Morgan fingerprint density at radius 2 is 1.82 bits per heavy atom. The maximum absolute atomic E-state index is 5.42. The van der Waals surface area contributed by atoms with Crippen molar-refractivity contribution < 1.29 is 9.47 Å². The predicted molar refractivity (Wildman–Crippen MR) is 73.8 cm³/mol. The molecule has 0 unspecified atom stereocenters. The summed E-state index contributed by atoms with van der Waals surface area (Å²) in [5, 5.41) is 3.44. The second-order valence-corrected chi connectivity index (χ2v) is 5.72. The van der Waals surface area contributed by atoms with Crippen LogP contribution in [-0.2, 0) is 6.54 Å². The summed E-state index contributed by atoms with van der Waals surface area (Å²) in [4.78, 5) is 0. The minimum atomic E-state index is 0.0630. The molecule has 0 aliphatic carbocycles. The Labute approximate surface area is 112 Å². The van der Waals surface area contributed by atoms with Crippen molar-refractivity contribution in [1.82, 2.24) is 5.32 Å². The van der Waals surface area contributed by atoms with Crippen LogP contribution < -0.4 is 14.8 Å². The number of hydrogen-bond donors (Lipinski definition) is 1. The lowest BCUT2D eigenvalue weighted by atomic mass is 10.1. The lowest BCUT2D eigenvalue weighted by molar-refractivity contribution is 0.346. The molecule has 0 fully saturated rings. The van der Waals surface area contributed by atoms with Gasteiger partial charge in [0.15, 0.2) is 11.5 Å². The SMILES string of the molecule is COc1ccc(Br)c(CNC(C)(C)C)c1OC. The summed E-state index contributed by atoms with van der Waals surface area (Å²) in [6, 6.07) is 3.87. The first kappa shape index (κ1) is 14.3. The molecular weight excluding hydrogens is 282 g/mol. The van der Waals surface area contributed by atoms with Crippen LogP contribution in [0.4, 0.5) is 0 Å². The summed E-state index contributed by atoms with van der Waals surface area (Å²) >= 11 is 3.54. The maximum Gasteiger partial charge on any atom is 0.166 e. The number of nitrogens with one attached hydrogen (secondary N) is 1. The van der Waals surface area contributed by atoms with Crippen molar-refractivity contribution in [3.63, 3.8) is 0 Å². The summed E-state index contributed by atoms with van der Waals surface area (Å²) in [7, 11) is 3.30. The van der Waals surface area contributed by atoms with Crippen LogP contribution in [0.15, 0.2) is 16.6 Å². The fraction of sp³-hybridized carbons (Fsp3) is 0.538. The number of rotatable bonds is 4. The van der Waals surface area contributed by atoms with Gasteiger partial charge >= 0.3 is 0 Å². The van der Waals surface area contributed by atoms with Crippen LogP contribution in [0.25, 0.3) is 0 Å². The quantitative estimate of drug-likeness (QED) is 0.925. The monoisotopic (exact) mass is 301 g/mol. The van der Waals surface area contributed by atoms with Crippen LogP contribution in [0, 0.1) is 0 Å². The third kappa shape index (κ3) is 3.89. The standard InChI is InChI=1S/C13H20BrNO2/c1-13(2,3)15-8-9-10(14)6-7-11(16-4)12(9)17-5/h6-7,15H,8H2,1-5H3. The first-order valence-corrected chi connectivity index (χ1v) is 6.32. The Morgan fingerprint density at radius 1 is 1.18 bits per heavy atom. The molecule has 1 aromatic rings. The molecule has 0 saturated carbocycles. The lowest BCUT2D eigenvalue weighted by Gasteiger charge is -2.22. The van der Waals surface area contributed by atoms with E-state index in [1.807, 2.05) is 12.1 Å². The zero-order chi connectivity index (χ0) is 13.1. The summed E-state index contributed by atoms with van der Waals surface area (Å²) in [5.41, 5.74) is 1.13. The van der Waals surface area contributed by atoms with Gasteiger partial charge in [-0.2, -0.15) is 0 Å². The Balaban J connectivity index is 3.03. The van der Waals surface area contributed by atoms with Gasteiger partial charge in [0.1, 0.15) is 0 Å². The van der Waals surface area contributed by atoms with Gasteiger partial charge in [-0.05, 0) is 32.9 Å². The van der Waals surface area contributed by atoms with Crippen molar-refractivity contribution in [2.75, 3.05) is 14.2 Å². The van der Waals surface area contributed by atoms with E-state index in [9.17, 15) is 0 Å². The van der Waals surface area contributed by atoms with E-state index in [1.165, 1.54) is 0 Å². The summed E-state index contributed by atoms with van der Waals surface area (Å²) in [5.74, 6) is 1.53. The van der Waals surface area contributed by atoms with E-state index in [0.717, 1.165) is 28.1 Å². The van der Waals surface area contributed by atoms with E-state index in [2.05, 4.69) is 42.0 Å². The number of halogens is 1. The molecule has 0 bridgehead atoms. The van der Waals surface area contributed by atoms with Gasteiger partial charge in [0.2, 0.25) is 0 Å². The zero-order valence-corrected chi connectivity index (χ0v) is 12.6. The molecular formula is C13H20BrNO2. The van der Waals surface area contributed by atoms with Crippen LogP contribution >= 0.6 is 15.9 Å². The van der Waals surface area contributed by atoms with Crippen LogP contribution in [0.5, 0.6) is 11.5 Å². The van der Waals surface area contributed by atoms with E-state index in [4.69, 9.17) is 9.47 Å². The molecule has 4 heteroatoms. The Hall–Kier alpha value is -0.740. The highest BCUT2D eigenvalue weighted by atomic mass is 79.9. The van der Waals surface area contributed by atoms with Crippen LogP contribution in [-0.4, -0.2) is 19.8 Å². The van der Waals surface area contributed by atoms with Crippen LogP contribution in [0.2, 0.25) is 0 Å². The van der Waals surface area contributed by atoms with Gasteiger partial charge in [-0.3, -0.25) is 0 Å². The van der Waals surface area contributed by atoms with Crippen LogP contribution in [0.3, 0.4) is 0 Å². The fourth-order valence-electron chi connectivity index (χ4n) is 1.49. The molecule has 0 aliphatic heterocycles. The molecule has 0 radical (unpaired) electrons. The molecule has 0 aromatic heterocycles.